The van der Waals surface area contributed by atoms with Crippen LogP contribution in [0.5, 0.6) is 0 Å². The molecule has 0 N–H and O–H groups in total. The Kier molecular flexibility index (Phi) is 22.8. The first-order valence-corrected chi connectivity index (χ1v) is 22.3. The molecular formula is C45H74O12. The molecule has 57 heavy (non-hydrogen) atoms. The van der Waals surface area contributed by atoms with Gasteiger partial charge in [-0.25, -0.2) is 4.79 Å². The molecule has 1 unspecified atom stereocenters. The van der Waals surface area contributed by atoms with E-state index in [-0.39, 0.29) is 54.5 Å². The standard InChI is InChI=1S/C45H74O12/c1-7-8-17-22-37(52-32(3)46)39(54-34(5)48)24-20-25-40(55-35(6)49)42-27-29-44(57-42)43-28-26-41(56-43)38(53-33(4)47)23-19-16-14-12-10-9-11-13-15-18-21-36-30-31(2)51-45(36)50/h30-31,37-44H,7-29H2,1-6H3/t31?,37-,38-,39+,40-,41-,42+,43-,44-/m1/s1. The van der Waals surface area contributed by atoms with Crippen LogP contribution in [0.2, 0.25) is 0 Å². The van der Waals surface area contributed by atoms with Crippen molar-refractivity contribution in [2.24, 2.45) is 0 Å². The number of carbonyl (C=O) groups is 5. The van der Waals surface area contributed by atoms with Gasteiger partial charge in [-0.05, 0) is 96.5 Å². The van der Waals surface area contributed by atoms with Crippen LogP contribution in [0.3, 0.4) is 0 Å². The highest BCUT2D eigenvalue weighted by molar-refractivity contribution is 5.90. The minimum Gasteiger partial charge on any atom is -0.460 e. The van der Waals surface area contributed by atoms with E-state index in [4.69, 9.17) is 33.2 Å². The van der Waals surface area contributed by atoms with Crippen LogP contribution in [0.25, 0.3) is 0 Å². The zero-order valence-electron chi connectivity index (χ0n) is 35.9. The van der Waals surface area contributed by atoms with Crippen LogP contribution in [0.1, 0.15) is 189 Å². The van der Waals surface area contributed by atoms with E-state index in [1.165, 1.54) is 59.8 Å². The molecule has 0 spiro atoms. The smallest absolute Gasteiger partial charge is 0.334 e. The summed E-state index contributed by atoms with van der Waals surface area (Å²) in [6.07, 6.45) is 20.4. The van der Waals surface area contributed by atoms with Gasteiger partial charge in [0.2, 0.25) is 0 Å². The highest BCUT2D eigenvalue weighted by Crippen LogP contribution is 2.36. The van der Waals surface area contributed by atoms with Gasteiger partial charge >= 0.3 is 29.8 Å². The Hall–Kier alpha value is -2.99. The van der Waals surface area contributed by atoms with Crippen molar-refractivity contribution in [1.82, 2.24) is 0 Å². The first-order valence-electron chi connectivity index (χ1n) is 22.3. The van der Waals surface area contributed by atoms with E-state index < -0.39 is 30.3 Å². The normalized spacial score (nSPS) is 23.9. The number of cyclic esters (lactones) is 1. The SMILES string of the molecule is CCCCC[C@@H](OC(C)=O)[C@H](CCC[C@@H](OC(C)=O)[C@@H]1CC[C@H]([C@H]2CC[C@H]([C@@H](CCCCCCCCCCCCC3=CC(C)OC3=O)OC(C)=O)O2)O1)OC(C)=O. The molecule has 0 aliphatic carbocycles. The number of hydrogen-bond donors (Lipinski definition) is 0. The van der Waals surface area contributed by atoms with Crippen molar-refractivity contribution in [2.75, 3.05) is 0 Å². The number of ether oxygens (including phenoxy) is 7. The molecule has 3 aliphatic heterocycles. The first kappa shape index (κ1) is 48.4. The van der Waals surface area contributed by atoms with E-state index in [0.717, 1.165) is 95.5 Å². The quantitative estimate of drug-likeness (QED) is 0.0403. The molecule has 326 valence electrons. The van der Waals surface area contributed by atoms with Crippen molar-refractivity contribution < 1.29 is 57.1 Å². The third kappa shape index (κ3) is 19.1. The van der Waals surface area contributed by atoms with Crippen LogP contribution in [-0.2, 0) is 57.1 Å². The van der Waals surface area contributed by atoms with E-state index in [2.05, 4.69) is 6.92 Å². The van der Waals surface area contributed by atoms with Crippen LogP contribution in [0.4, 0.5) is 0 Å². The van der Waals surface area contributed by atoms with E-state index >= 15 is 0 Å². The summed E-state index contributed by atoms with van der Waals surface area (Å²) < 4.78 is 41.0. The van der Waals surface area contributed by atoms with Crippen molar-refractivity contribution >= 4 is 29.8 Å². The van der Waals surface area contributed by atoms with E-state index in [9.17, 15) is 24.0 Å². The maximum Gasteiger partial charge on any atom is 0.334 e. The molecule has 9 atom stereocenters. The average Bonchev–Trinajstić information content (AvgIpc) is 3.90. The molecule has 0 aromatic heterocycles. The van der Waals surface area contributed by atoms with Crippen molar-refractivity contribution in [3.05, 3.63) is 11.6 Å². The zero-order valence-corrected chi connectivity index (χ0v) is 35.9. The molecule has 12 nitrogen and oxygen atoms in total. The van der Waals surface area contributed by atoms with Gasteiger partial charge in [0.15, 0.2) is 0 Å². The minimum atomic E-state index is -0.584. The second-order valence-corrected chi connectivity index (χ2v) is 16.5. The molecule has 0 radical (unpaired) electrons. The van der Waals surface area contributed by atoms with Gasteiger partial charge < -0.3 is 33.2 Å². The number of unbranched alkanes of at least 4 members (excludes halogenated alkanes) is 11. The Morgan fingerprint density at radius 3 is 1.44 bits per heavy atom. The summed E-state index contributed by atoms with van der Waals surface area (Å²) in [5, 5.41) is 0. The molecule has 2 fully saturated rings. The van der Waals surface area contributed by atoms with Crippen LogP contribution in [0, 0.1) is 0 Å². The van der Waals surface area contributed by atoms with Gasteiger partial charge in [-0.2, -0.15) is 0 Å². The fourth-order valence-electron chi connectivity index (χ4n) is 8.61. The van der Waals surface area contributed by atoms with Gasteiger partial charge in [-0.15, -0.1) is 0 Å². The monoisotopic (exact) mass is 807 g/mol. The molecule has 0 aromatic carbocycles. The lowest BCUT2D eigenvalue weighted by molar-refractivity contribution is -0.167. The van der Waals surface area contributed by atoms with Crippen LogP contribution in [-0.4, -0.2) is 84.8 Å². The summed E-state index contributed by atoms with van der Waals surface area (Å²) in [6, 6.07) is 0. The predicted molar refractivity (Wildman–Crippen MR) is 215 cm³/mol. The largest absolute Gasteiger partial charge is 0.460 e. The van der Waals surface area contributed by atoms with Crippen molar-refractivity contribution in [1.29, 1.82) is 0 Å². The maximum atomic E-state index is 12.2. The summed E-state index contributed by atoms with van der Waals surface area (Å²) >= 11 is 0. The van der Waals surface area contributed by atoms with Gasteiger partial charge in [-0.3, -0.25) is 19.2 Å². The molecule has 0 aromatic rings. The second-order valence-electron chi connectivity index (χ2n) is 16.5. The third-order valence-corrected chi connectivity index (χ3v) is 11.3. The number of carbonyl (C=O) groups excluding carboxylic acids is 5. The van der Waals surface area contributed by atoms with Gasteiger partial charge in [-0.1, -0.05) is 71.1 Å². The Balaban J connectivity index is 1.38. The molecule has 2 saturated heterocycles. The highest BCUT2D eigenvalue weighted by atomic mass is 16.6. The molecule has 0 amide bonds. The Morgan fingerprint density at radius 2 is 1.00 bits per heavy atom. The topological polar surface area (TPSA) is 150 Å². The third-order valence-electron chi connectivity index (χ3n) is 11.3. The van der Waals surface area contributed by atoms with E-state index in [1.54, 1.807) is 0 Å². The van der Waals surface area contributed by atoms with Crippen molar-refractivity contribution in [3.63, 3.8) is 0 Å². The number of esters is 5. The summed E-state index contributed by atoms with van der Waals surface area (Å²) in [6.45, 7) is 9.57. The zero-order chi connectivity index (χ0) is 41.6. The van der Waals surface area contributed by atoms with Crippen LogP contribution >= 0.6 is 0 Å². The van der Waals surface area contributed by atoms with Crippen molar-refractivity contribution in [2.45, 2.75) is 244 Å². The van der Waals surface area contributed by atoms with Gasteiger partial charge in [0.05, 0.1) is 24.4 Å². The summed E-state index contributed by atoms with van der Waals surface area (Å²) in [5.74, 6) is -1.66. The van der Waals surface area contributed by atoms with E-state index in [1.807, 2.05) is 13.0 Å². The molecule has 3 heterocycles. The molecule has 0 saturated carbocycles. The van der Waals surface area contributed by atoms with E-state index in [0.29, 0.717) is 25.7 Å². The van der Waals surface area contributed by atoms with Gasteiger partial charge in [0.25, 0.3) is 0 Å². The fourth-order valence-corrected chi connectivity index (χ4v) is 8.61. The lowest BCUT2D eigenvalue weighted by Gasteiger charge is -2.28. The molecule has 0 bridgehead atoms. The maximum absolute atomic E-state index is 12.2. The van der Waals surface area contributed by atoms with Crippen LogP contribution < -0.4 is 0 Å². The summed E-state index contributed by atoms with van der Waals surface area (Å²) in [7, 11) is 0. The Labute approximate surface area is 342 Å². The summed E-state index contributed by atoms with van der Waals surface area (Å²) in [5.41, 5.74) is 0.837. The Bertz CT molecular complexity index is 1260. The van der Waals surface area contributed by atoms with Crippen LogP contribution in [0.15, 0.2) is 11.6 Å². The predicted octanol–water partition coefficient (Wildman–Crippen LogP) is 9.11. The minimum absolute atomic E-state index is 0.0814. The molecule has 12 heteroatoms. The second kappa shape index (κ2) is 26.9. The fraction of sp³-hybridized carbons (Fsp3) is 0.844. The average molecular weight is 807 g/mol. The molecule has 3 rings (SSSR count). The lowest BCUT2D eigenvalue weighted by Crippen LogP contribution is -2.36. The lowest BCUT2D eigenvalue weighted by atomic mass is 9.97. The summed E-state index contributed by atoms with van der Waals surface area (Å²) in [4.78, 5) is 59.8. The number of hydrogen-bond acceptors (Lipinski definition) is 12. The Morgan fingerprint density at radius 1 is 0.579 bits per heavy atom. The number of rotatable bonds is 29. The highest BCUT2D eigenvalue weighted by Gasteiger charge is 2.43. The van der Waals surface area contributed by atoms with Gasteiger partial charge in [0, 0.05) is 33.3 Å². The molecule has 3 aliphatic rings. The van der Waals surface area contributed by atoms with Crippen molar-refractivity contribution in [3.8, 4) is 0 Å². The first-order chi connectivity index (χ1) is 27.4. The van der Waals surface area contributed by atoms with Gasteiger partial charge in [0.1, 0.15) is 30.5 Å². The molecular weight excluding hydrogens is 732 g/mol.